The number of carbonyl (C=O) groups is 2. The van der Waals surface area contributed by atoms with E-state index in [1.54, 1.807) is 12.1 Å². The summed E-state index contributed by atoms with van der Waals surface area (Å²) in [6.07, 6.45) is 1.04. The topological polar surface area (TPSA) is 83.4 Å². The molecule has 2 aliphatic rings. The van der Waals surface area contributed by atoms with Crippen molar-refractivity contribution in [2.45, 2.75) is 58.9 Å². The van der Waals surface area contributed by atoms with Crippen LogP contribution >= 0.6 is 0 Å². The molecule has 3 heterocycles. The zero-order valence-corrected chi connectivity index (χ0v) is 24.2. The second kappa shape index (κ2) is 11.0. The van der Waals surface area contributed by atoms with E-state index in [4.69, 9.17) is 0 Å². The van der Waals surface area contributed by atoms with Gasteiger partial charge in [-0.05, 0) is 65.6 Å². The maximum atomic E-state index is 13.4. The Kier molecular flexibility index (Phi) is 7.58. The summed E-state index contributed by atoms with van der Waals surface area (Å²) in [4.78, 5) is 41.2. The van der Waals surface area contributed by atoms with Gasteiger partial charge in [-0.2, -0.15) is 0 Å². The average Bonchev–Trinajstić information content (AvgIpc) is 2.91. The summed E-state index contributed by atoms with van der Waals surface area (Å²) in [5.74, 6) is 0.518. The Bertz CT molecular complexity index is 1470. The second-order valence-electron chi connectivity index (χ2n) is 12.7. The Labute approximate surface area is 236 Å². The molecule has 2 aromatic carbocycles. The zero-order valence-electron chi connectivity index (χ0n) is 24.2. The van der Waals surface area contributed by atoms with Crippen molar-refractivity contribution in [1.29, 1.82) is 0 Å². The summed E-state index contributed by atoms with van der Waals surface area (Å²) in [5.41, 5.74) is 4.87. The summed E-state index contributed by atoms with van der Waals surface area (Å²) in [5, 5.41) is 6.10. The first-order chi connectivity index (χ1) is 19.0. The highest BCUT2D eigenvalue weighted by Gasteiger charge is 2.35. The number of nitrogens with one attached hydrogen (secondary N) is 2. The van der Waals surface area contributed by atoms with Crippen molar-refractivity contribution in [1.82, 2.24) is 9.88 Å². The van der Waals surface area contributed by atoms with E-state index in [9.17, 15) is 14.4 Å². The van der Waals surface area contributed by atoms with Crippen molar-refractivity contribution in [3.8, 4) is 0 Å². The fraction of sp³-hybridized carbons (Fsp3) is 0.424. The molecule has 1 saturated heterocycles. The molecule has 5 rings (SSSR count). The van der Waals surface area contributed by atoms with E-state index in [1.807, 2.05) is 47.0 Å². The minimum atomic E-state index is -0.212. The molecule has 0 unspecified atom stereocenters. The highest BCUT2D eigenvalue weighted by molar-refractivity contribution is 6.07. The summed E-state index contributed by atoms with van der Waals surface area (Å²) in [7, 11) is 0. The Morgan fingerprint density at radius 2 is 1.65 bits per heavy atom. The number of benzene rings is 2. The lowest BCUT2D eigenvalue weighted by Crippen LogP contribution is -2.47. The van der Waals surface area contributed by atoms with Gasteiger partial charge < -0.3 is 20.1 Å². The number of pyridine rings is 1. The van der Waals surface area contributed by atoms with Gasteiger partial charge in [-0.15, -0.1) is 0 Å². The minimum Gasteiger partial charge on any atom is -0.369 e. The van der Waals surface area contributed by atoms with E-state index in [2.05, 4.69) is 56.2 Å². The molecule has 0 radical (unpaired) electrons. The van der Waals surface area contributed by atoms with E-state index in [-0.39, 0.29) is 28.7 Å². The van der Waals surface area contributed by atoms with E-state index < -0.39 is 0 Å². The number of hydrogen-bond donors (Lipinski definition) is 2. The molecule has 1 fully saturated rings. The van der Waals surface area contributed by atoms with Gasteiger partial charge in [0, 0.05) is 55.0 Å². The predicted octanol–water partition coefficient (Wildman–Crippen LogP) is 5.41. The van der Waals surface area contributed by atoms with Gasteiger partial charge in [-0.3, -0.25) is 14.4 Å². The number of piperidine rings is 1. The smallest absolute Gasteiger partial charge is 0.255 e. The van der Waals surface area contributed by atoms with Crippen LogP contribution in [-0.4, -0.2) is 36.0 Å². The van der Waals surface area contributed by atoms with Crippen LogP contribution in [-0.2, 0) is 12.0 Å². The minimum absolute atomic E-state index is 0.00403. The molecule has 2 N–H and O–H groups in total. The van der Waals surface area contributed by atoms with Crippen molar-refractivity contribution in [2.75, 3.05) is 29.9 Å². The molecule has 7 nitrogen and oxygen atoms in total. The summed E-state index contributed by atoms with van der Waals surface area (Å²) in [6, 6.07) is 18.8. The van der Waals surface area contributed by atoms with Crippen LogP contribution in [0, 0.1) is 11.8 Å². The number of anilines is 2. The fourth-order valence-electron chi connectivity index (χ4n) is 5.86. The van der Waals surface area contributed by atoms with E-state index in [0.29, 0.717) is 41.7 Å². The quantitative estimate of drug-likeness (QED) is 0.438. The Balaban J connectivity index is 1.45. The van der Waals surface area contributed by atoms with Gasteiger partial charge in [0.25, 0.3) is 17.4 Å². The van der Waals surface area contributed by atoms with Gasteiger partial charge >= 0.3 is 0 Å². The lowest BCUT2D eigenvalue weighted by atomic mass is 9.83. The molecule has 0 aliphatic carbocycles. The normalized spacial score (nSPS) is 18.3. The molecule has 2 bridgehead atoms. The molecule has 2 atom stereocenters. The van der Waals surface area contributed by atoms with Crippen molar-refractivity contribution in [3.05, 3.63) is 93.4 Å². The van der Waals surface area contributed by atoms with Crippen molar-refractivity contribution in [3.63, 3.8) is 0 Å². The molecule has 1 aromatic heterocycles. The number of fused-ring (bicyclic) bond motifs is 4. The first-order valence-electron chi connectivity index (χ1n) is 14.3. The van der Waals surface area contributed by atoms with Gasteiger partial charge in [0.2, 0.25) is 0 Å². The Hall–Kier alpha value is -3.87. The number of hydrogen-bond acceptors (Lipinski definition) is 4. The Morgan fingerprint density at radius 1 is 0.925 bits per heavy atom. The number of nitrogens with zero attached hydrogens (tertiary/aromatic N) is 2. The monoisotopic (exact) mass is 540 g/mol. The van der Waals surface area contributed by atoms with Crippen LogP contribution in [0.1, 0.15) is 78.9 Å². The Morgan fingerprint density at radius 3 is 2.35 bits per heavy atom. The van der Waals surface area contributed by atoms with Crippen LogP contribution in [0.4, 0.5) is 11.4 Å². The third-order valence-corrected chi connectivity index (χ3v) is 8.01. The standard InChI is InChI=1S/C33H40N4O3/c1-21(2)17-34-31(39)24-11-14-29(27(16-24)35-32(40)23-9-12-26(13-10-23)33(3,4)5)36-18-22-15-25(20-36)28-7-6-8-30(38)37(28)19-22/h6-14,16,21-22,25H,15,17-20H2,1-5H3,(H,34,39)(H,35,40)/t22-,25+/m1/s1. The van der Waals surface area contributed by atoms with E-state index in [0.717, 1.165) is 36.5 Å². The molecule has 210 valence electrons. The third kappa shape index (κ3) is 5.83. The fourth-order valence-corrected chi connectivity index (χ4v) is 5.86. The zero-order chi connectivity index (χ0) is 28.6. The van der Waals surface area contributed by atoms with Gasteiger partial charge in [0.15, 0.2) is 0 Å². The van der Waals surface area contributed by atoms with Crippen LogP contribution in [0.25, 0.3) is 0 Å². The first-order valence-corrected chi connectivity index (χ1v) is 14.3. The maximum absolute atomic E-state index is 13.4. The highest BCUT2D eigenvalue weighted by Crippen LogP contribution is 2.39. The molecule has 2 aliphatic heterocycles. The van der Waals surface area contributed by atoms with Gasteiger partial charge in [-0.1, -0.05) is 52.8 Å². The lowest BCUT2D eigenvalue weighted by molar-refractivity contribution is 0.0947. The summed E-state index contributed by atoms with van der Waals surface area (Å²) < 4.78 is 1.92. The van der Waals surface area contributed by atoms with Crippen molar-refractivity contribution >= 4 is 23.2 Å². The van der Waals surface area contributed by atoms with Crippen LogP contribution < -0.4 is 21.1 Å². The molecular formula is C33H40N4O3. The predicted molar refractivity (Wildman–Crippen MR) is 160 cm³/mol. The van der Waals surface area contributed by atoms with Gasteiger partial charge in [0.05, 0.1) is 11.4 Å². The summed E-state index contributed by atoms with van der Waals surface area (Å²) in [6.45, 7) is 13.3. The molecule has 2 amide bonds. The number of aromatic nitrogens is 1. The van der Waals surface area contributed by atoms with Crippen LogP contribution in [0.2, 0.25) is 0 Å². The third-order valence-electron chi connectivity index (χ3n) is 8.01. The van der Waals surface area contributed by atoms with Gasteiger partial charge in [-0.25, -0.2) is 0 Å². The maximum Gasteiger partial charge on any atom is 0.255 e. The number of rotatable bonds is 6. The lowest BCUT2D eigenvalue weighted by Gasteiger charge is -2.44. The largest absolute Gasteiger partial charge is 0.369 e. The molecule has 3 aromatic rings. The summed E-state index contributed by atoms with van der Waals surface area (Å²) >= 11 is 0. The van der Waals surface area contributed by atoms with Crippen molar-refractivity contribution in [2.24, 2.45) is 11.8 Å². The SMILES string of the molecule is CC(C)CNC(=O)c1ccc(N2C[C@H]3C[C@@H](C2)c2cccc(=O)n2C3)c(NC(=O)c2ccc(C(C)(C)C)cc2)c1. The molecular weight excluding hydrogens is 500 g/mol. The molecule has 0 saturated carbocycles. The van der Waals surface area contributed by atoms with E-state index >= 15 is 0 Å². The van der Waals surface area contributed by atoms with Gasteiger partial charge in [0.1, 0.15) is 0 Å². The molecule has 0 spiro atoms. The first kappa shape index (κ1) is 27.7. The van der Waals surface area contributed by atoms with Crippen LogP contribution in [0.5, 0.6) is 0 Å². The second-order valence-corrected chi connectivity index (χ2v) is 12.7. The number of amides is 2. The highest BCUT2D eigenvalue weighted by atomic mass is 16.2. The molecule has 7 heteroatoms. The van der Waals surface area contributed by atoms with Crippen LogP contribution in [0.15, 0.2) is 65.5 Å². The molecule has 40 heavy (non-hydrogen) atoms. The number of carbonyl (C=O) groups excluding carboxylic acids is 2. The average molecular weight is 541 g/mol. The van der Waals surface area contributed by atoms with Crippen molar-refractivity contribution < 1.29 is 9.59 Å². The van der Waals surface area contributed by atoms with Crippen LogP contribution in [0.3, 0.4) is 0 Å². The van der Waals surface area contributed by atoms with E-state index in [1.165, 1.54) is 0 Å².